The molecule has 1 radical (unpaired) electrons. The summed E-state index contributed by atoms with van der Waals surface area (Å²) < 4.78 is 0. The van der Waals surface area contributed by atoms with Gasteiger partial charge in [0.25, 0.3) is 0 Å². The van der Waals surface area contributed by atoms with Crippen molar-refractivity contribution in [1.29, 1.82) is 0 Å². The van der Waals surface area contributed by atoms with Gasteiger partial charge in [-0.2, -0.15) is 0 Å². The molecule has 0 amide bonds. The van der Waals surface area contributed by atoms with Gasteiger partial charge < -0.3 is 5.32 Å². The second-order valence-corrected chi connectivity index (χ2v) is 4.05. The Balaban J connectivity index is 2.26. The van der Waals surface area contributed by atoms with Crippen molar-refractivity contribution in [2.45, 2.75) is 20.1 Å². The molecule has 0 spiro atoms. The van der Waals surface area contributed by atoms with Gasteiger partial charge in [-0.15, -0.1) is 0 Å². The largest absolute Gasteiger partial charge is 0.380 e. The molecule has 2 rings (SSSR count). The molecule has 1 aromatic rings. The molecule has 0 atom stereocenters. The van der Waals surface area contributed by atoms with Crippen LogP contribution < -0.4 is 5.32 Å². The van der Waals surface area contributed by atoms with E-state index in [4.69, 9.17) is 0 Å². The first-order chi connectivity index (χ1) is 7.79. The van der Waals surface area contributed by atoms with Crippen LogP contribution in [-0.2, 0) is 6.32 Å². The van der Waals surface area contributed by atoms with Crippen molar-refractivity contribution < 1.29 is 0 Å². The summed E-state index contributed by atoms with van der Waals surface area (Å²) in [7, 11) is 2.16. The minimum Gasteiger partial charge on any atom is -0.380 e. The highest BCUT2D eigenvalue weighted by Crippen LogP contribution is 2.15. The fourth-order valence-electron chi connectivity index (χ4n) is 1.81. The van der Waals surface area contributed by atoms with Gasteiger partial charge in [0.05, 0.1) is 11.4 Å². The Morgan fingerprint density at radius 2 is 2.38 bits per heavy atom. The number of nitrogens with zero attached hydrogens (tertiary/aromatic N) is 1. The van der Waals surface area contributed by atoms with Gasteiger partial charge in [0.2, 0.25) is 0 Å². The van der Waals surface area contributed by atoms with Crippen LogP contribution in [-0.4, -0.2) is 18.8 Å². The number of hydrogen-bond donors (Lipinski definition) is 1. The van der Waals surface area contributed by atoms with Gasteiger partial charge in [0.15, 0.2) is 0 Å². The average Bonchev–Trinajstić information content (AvgIpc) is 2.30. The zero-order valence-corrected chi connectivity index (χ0v) is 9.83. The van der Waals surface area contributed by atoms with Crippen LogP contribution >= 0.6 is 0 Å². The summed E-state index contributed by atoms with van der Waals surface area (Å²) in [6, 6.07) is 4.22. The highest BCUT2D eigenvalue weighted by molar-refractivity contribution is 6.32. The molecule has 1 aromatic heterocycles. The number of allylic oxidation sites excluding steroid dienone is 2. The Morgan fingerprint density at radius 3 is 3.12 bits per heavy atom. The van der Waals surface area contributed by atoms with E-state index in [-0.39, 0.29) is 0 Å². The molecule has 0 bridgehead atoms. The monoisotopic (exact) mass is 211 g/mol. The average molecular weight is 211 g/mol. The molecule has 0 aromatic carbocycles. The first-order valence-corrected chi connectivity index (χ1v) is 5.65. The van der Waals surface area contributed by atoms with Gasteiger partial charge in [-0.25, -0.2) is 0 Å². The third-order valence-corrected chi connectivity index (χ3v) is 2.63. The molecule has 1 aliphatic rings. The van der Waals surface area contributed by atoms with Crippen LogP contribution in [0.25, 0.3) is 5.70 Å². The van der Waals surface area contributed by atoms with Crippen LogP contribution in [0.1, 0.15) is 18.2 Å². The topological polar surface area (TPSA) is 24.9 Å². The summed E-state index contributed by atoms with van der Waals surface area (Å²) in [5.74, 6) is 0. The molecule has 0 saturated carbocycles. The minimum atomic E-state index is 0.892. The second kappa shape index (κ2) is 5.02. The Kier molecular flexibility index (Phi) is 3.45. The van der Waals surface area contributed by atoms with Crippen LogP contribution in [0, 0.1) is 0 Å². The highest BCUT2D eigenvalue weighted by atomic mass is 14.9. The Bertz CT molecular complexity index is 435. The van der Waals surface area contributed by atoms with E-state index >= 15 is 0 Å². The van der Waals surface area contributed by atoms with E-state index in [1.807, 2.05) is 6.20 Å². The quantitative estimate of drug-likeness (QED) is 0.775. The maximum absolute atomic E-state index is 4.41. The van der Waals surface area contributed by atoms with Crippen molar-refractivity contribution in [3.05, 3.63) is 47.3 Å². The van der Waals surface area contributed by atoms with Gasteiger partial charge in [-0.05, 0) is 25.1 Å². The summed E-state index contributed by atoms with van der Waals surface area (Å²) >= 11 is 0. The smallest absolute Gasteiger partial charge is 0.111 e. The maximum Gasteiger partial charge on any atom is 0.111 e. The van der Waals surface area contributed by atoms with Crippen LogP contribution in [0.15, 0.2) is 36.1 Å². The first-order valence-electron chi connectivity index (χ1n) is 5.65. The molecule has 0 aliphatic carbocycles. The molecule has 2 nitrogen and oxygen atoms in total. The molecule has 81 valence electrons. The van der Waals surface area contributed by atoms with Gasteiger partial charge in [0.1, 0.15) is 7.28 Å². The Hall–Kier alpha value is -1.51. The fraction of sp³-hybridized carbons (Fsp3) is 0.308. The van der Waals surface area contributed by atoms with Gasteiger partial charge >= 0.3 is 0 Å². The lowest BCUT2D eigenvalue weighted by Gasteiger charge is -2.14. The normalized spacial score (nSPS) is 14.9. The van der Waals surface area contributed by atoms with Crippen molar-refractivity contribution >= 4 is 13.0 Å². The number of hydrogen-bond acceptors (Lipinski definition) is 2. The zero-order valence-electron chi connectivity index (χ0n) is 9.83. The molecular formula is C13H16BN2. The molecule has 0 fully saturated rings. The van der Waals surface area contributed by atoms with E-state index in [9.17, 15) is 0 Å². The fourth-order valence-corrected chi connectivity index (χ4v) is 1.81. The van der Waals surface area contributed by atoms with Crippen LogP contribution in [0.4, 0.5) is 0 Å². The third kappa shape index (κ3) is 2.54. The summed E-state index contributed by atoms with van der Waals surface area (Å²) in [4.78, 5) is 4.41. The van der Waals surface area contributed by atoms with Crippen molar-refractivity contribution in [1.82, 2.24) is 10.3 Å². The van der Waals surface area contributed by atoms with Crippen LogP contribution in [0.3, 0.4) is 0 Å². The molecule has 16 heavy (non-hydrogen) atoms. The number of pyridine rings is 1. The molecule has 1 aliphatic heterocycles. The molecule has 3 heteroatoms. The lowest BCUT2D eigenvalue weighted by atomic mass is 9.75. The van der Waals surface area contributed by atoms with Crippen molar-refractivity contribution in [3.8, 4) is 0 Å². The highest BCUT2D eigenvalue weighted by Gasteiger charge is 2.06. The predicted octanol–water partition coefficient (Wildman–Crippen LogP) is 2.22. The van der Waals surface area contributed by atoms with E-state index in [0.29, 0.717) is 0 Å². The Labute approximate surface area is 97.7 Å². The Morgan fingerprint density at radius 1 is 1.50 bits per heavy atom. The van der Waals surface area contributed by atoms with E-state index in [1.165, 1.54) is 11.1 Å². The summed E-state index contributed by atoms with van der Waals surface area (Å²) in [5, 5.41) is 3.35. The lowest BCUT2D eigenvalue weighted by molar-refractivity contribution is 0.966. The second-order valence-electron chi connectivity index (χ2n) is 4.05. The van der Waals surface area contributed by atoms with E-state index in [1.54, 1.807) is 0 Å². The van der Waals surface area contributed by atoms with Gasteiger partial charge in [0, 0.05) is 12.7 Å². The summed E-state index contributed by atoms with van der Waals surface area (Å²) in [5.41, 5.74) is 4.76. The van der Waals surface area contributed by atoms with E-state index in [0.717, 1.165) is 24.3 Å². The van der Waals surface area contributed by atoms with Crippen LogP contribution in [0.5, 0.6) is 0 Å². The lowest BCUT2D eigenvalue weighted by Crippen LogP contribution is -2.16. The SMILES string of the molecule is C[B]Cc1ccnc(C2=CC(C)=CCN2)c1. The standard InChI is InChI=1S/C13H16BN2/c1-10-3-5-15-12(7-10)13-8-11(9-14-2)4-6-16-13/h3-4,6-8,15H,5,9H2,1-2H3. The van der Waals surface area contributed by atoms with Crippen molar-refractivity contribution in [3.63, 3.8) is 0 Å². The van der Waals surface area contributed by atoms with Gasteiger partial charge in [-0.3, -0.25) is 4.98 Å². The minimum absolute atomic E-state index is 0.892. The van der Waals surface area contributed by atoms with Crippen molar-refractivity contribution in [2.24, 2.45) is 0 Å². The third-order valence-electron chi connectivity index (χ3n) is 2.63. The molecule has 0 unspecified atom stereocenters. The molecule has 0 saturated heterocycles. The van der Waals surface area contributed by atoms with Crippen LogP contribution in [0.2, 0.25) is 6.82 Å². The molecular weight excluding hydrogens is 195 g/mol. The van der Waals surface area contributed by atoms with Crippen molar-refractivity contribution in [2.75, 3.05) is 6.54 Å². The molecule has 1 N–H and O–H groups in total. The number of dihydropyridines is 1. The van der Waals surface area contributed by atoms with E-state index < -0.39 is 0 Å². The van der Waals surface area contributed by atoms with E-state index in [2.05, 4.69) is 55.6 Å². The number of aromatic nitrogens is 1. The number of nitrogens with one attached hydrogen (secondary N) is 1. The maximum atomic E-state index is 4.41. The zero-order chi connectivity index (χ0) is 11.4. The number of rotatable bonds is 3. The molecule has 2 heterocycles. The predicted molar refractivity (Wildman–Crippen MR) is 69.3 cm³/mol. The summed E-state index contributed by atoms with van der Waals surface area (Å²) in [6.45, 7) is 5.08. The first kappa shape index (κ1) is 11.0. The van der Waals surface area contributed by atoms with Gasteiger partial charge in [-0.1, -0.05) is 30.4 Å². The summed E-state index contributed by atoms with van der Waals surface area (Å²) in [6.07, 6.45) is 7.19.